The molecule has 2 amide bonds. The van der Waals surface area contributed by atoms with Gasteiger partial charge in [0, 0.05) is 6.07 Å². The molecule has 38 heavy (non-hydrogen) atoms. The number of rotatable bonds is 5. The average molecular weight is 544 g/mol. The van der Waals surface area contributed by atoms with Crippen LogP contribution in [0, 0.1) is 11.3 Å². The lowest BCUT2D eigenvalue weighted by Gasteiger charge is -2.21. The summed E-state index contributed by atoms with van der Waals surface area (Å²) in [5.41, 5.74) is -0.312. The first-order chi connectivity index (χ1) is 18.2. The molecule has 10 nitrogen and oxygen atoms in total. The van der Waals surface area contributed by atoms with Crippen LogP contribution in [0.1, 0.15) is 5.56 Å². The number of ether oxygens (including phenoxy) is 3. The van der Waals surface area contributed by atoms with Gasteiger partial charge >= 0.3 is 18.5 Å². The molecule has 0 bridgehead atoms. The van der Waals surface area contributed by atoms with Crippen LogP contribution in [0.3, 0.4) is 0 Å². The summed E-state index contributed by atoms with van der Waals surface area (Å²) in [7, 11) is 0. The van der Waals surface area contributed by atoms with Gasteiger partial charge in [-0.15, -0.1) is 13.2 Å². The van der Waals surface area contributed by atoms with Crippen molar-refractivity contribution in [2.75, 3.05) is 4.90 Å². The van der Waals surface area contributed by atoms with Crippen LogP contribution >= 0.6 is 11.6 Å². The van der Waals surface area contributed by atoms with E-state index in [2.05, 4.69) is 14.8 Å². The largest absolute Gasteiger partial charge is 0.573 e. The van der Waals surface area contributed by atoms with Crippen molar-refractivity contribution in [1.29, 1.82) is 5.26 Å². The Bertz CT molecular complexity index is 1450. The Morgan fingerprint density at radius 1 is 0.921 bits per heavy atom. The van der Waals surface area contributed by atoms with Crippen LogP contribution in [0.4, 0.5) is 28.6 Å². The predicted octanol–water partition coefficient (Wildman–Crippen LogP) is 5.90. The van der Waals surface area contributed by atoms with Crippen LogP contribution in [0.25, 0.3) is 5.82 Å². The molecule has 0 unspecified atom stereocenters. The third kappa shape index (κ3) is 6.00. The summed E-state index contributed by atoms with van der Waals surface area (Å²) < 4.78 is 53.0. The number of anilines is 1. The predicted molar refractivity (Wildman–Crippen MR) is 125 cm³/mol. The molecule has 0 radical (unpaired) electrons. The minimum atomic E-state index is -5.00. The number of carbonyl (C=O) groups excluding carboxylic acids is 2. The number of nitrogens with zero attached hydrogens (tertiary/aromatic N) is 5. The van der Waals surface area contributed by atoms with E-state index in [0.29, 0.717) is 11.1 Å². The third-order valence-electron chi connectivity index (χ3n) is 4.57. The van der Waals surface area contributed by atoms with Crippen molar-refractivity contribution in [1.82, 2.24) is 14.8 Å². The molecular weight excluding hydrogens is 531 g/mol. The maximum Gasteiger partial charge on any atom is 0.573 e. The van der Waals surface area contributed by atoms with Gasteiger partial charge in [-0.05, 0) is 24.3 Å². The van der Waals surface area contributed by atoms with Gasteiger partial charge in [0.1, 0.15) is 28.9 Å². The summed E-state index contributed by atoms with van der Waals surface area (Å²) >= 11 is 6.14. The zero-order chi connectivity index (χ0) is 27.3. The Kier molecular flexibility index (Phi) is 7.45. The van der Waals surface area contributed by atoms with Crippen molar-refractivity contribution in [3.05, 3.63) is 89.7 Å². The quantitative estimate of drug-likeness (QED) is 0.305. The second-order valence-electron chi connectivity index (χ2n) is 7.13. The van der Waals surface area contributed by atoms with E-state index in [-0.39, 0.29) is 22.9 Å². The van der Waals surface area contributed by atoms with E-state index in [0.717, 1.165) is 16.9 Å². The van der Waals surface area contributed by atoms with Crippen molar-refractivity contribution in [3.8, 4) is 29.1 Å². The Balaban J connectivity index is 1.80. The molecule has 14 heteroatoms. The molecule has 0 aliphatic heterocycles. The van der Waals surface area contributed by atoms with Crippen LogP contribution in [0.5, 0.6) is 17.2 Å². The van der Waals surface area contributed by atoms with Crippen LogP contribution in [-0.2, 0) is 0 Å². The van der Waals surface area contributed by atoms with E-state index >= 15 is 0 Å². The van der Waals surface area contributed by atoms with Gasteiger partial charge in [0.15, 0.2) is 11.6 Å². The molecular formula is C24H13ClF3N5O5. The highest BCUT2D eigenvalue weighted by Crippen LogP contribution is 2.32. The van der Waals surface area contributed by atoms with Crippen molar-refractivity contribution < 1.29 is 37.0 Å². The van der Waals surface area contributed by atoms with Gasteiger partial charge in [0.05, 0.1) is 17.4 Å². The van der Waals surface area contributed by atoms with Crippen molar-refractivity contribution in [2.45, 2.75) is 6.36 Å². The second-order valence-corrected chi connectivity index (χ2v) is 7.53. The average Bonchev–Trinajstić information content (AvgIpc) is 3.27. The number of pyridine rings is 1. The fraction of sp³-hybridized carbons (Fsp3) is 0.0417. The number of halogens is 4. The van der Waals surface area contributed by atoms with E-state index in [9.17, 15) is 28.0 Å². The number of imide groups is 1. The van der Waals surface area contributed by atoms with Gasteiger partial charge in [-0.25, -0.2) is 14.6 Å². The van der Waals surface area contributed by atoms with Gasteiger partial charge in [0.2, 0.25) is 0 Å². The molecule has 192 valence electrons. The van der Waals surface area contributed by atoms with Crippen LogP contribution < -0.4 is 19.1 Å². The molecule has 0 fully saturated rings. The van der Waals surface area contributed by atoms with Crippen LogP contribution in [0.2, 0.25) is 5.02 Å². The topological polar surface area (TPSA) is 120 Å². The lowest BCUT2D eigenvalue weighted by atomic mass is 10.3. The zero-order valence-corrected chi connectivity index (χ0v) is 19.6. The molecule has 2 aromatic heterocycles. The number of para-hydroxylation sites is 2. The third-order valence-corrected chi connectivity index (χ3v) is 4.85. The first-order valence-electron chi connectivity index (χ1n) is 10.4. The SMILES string of the molecule is N#Cc1cnn(-c2ncc(OC(F)(F)F)cc2Cl)c1N(C(=O)Oc1ccccc1)C(=O)Oc1ccccc1. The number of nitriles is 1. The standard InChI is InChI=1S/C24H13ClF3N5O5/c25-19-11-18(38-24(26,27)28)14-30-20(19)33-21(15(12-29)13-31-33)32(22(34)36-16-7-3-1-4-8-16)23(35)37-17-9-5-2-6-10-17/h1-11,13-14H. The summed E-state index contributed by atoms with van der Waals surface area (Å²) in [5, 5.41) is 13.2. The molecule has 0 N–H and O–H groups in total. The van der Waals surface area contributed by atoms with E-state index < -0.39 is 35.1 Å². The zero-order valence-electron chi connectivity index (χ0n) is 18.8. The summed E-state index contributed by atoms with van der Waals surface area (Å²) in [5.74, 6) is -1.44. The van der Waals surface area contributed by atoms with E-state index in [4.69, 9.17) is 21.1 Å². The lowest BCUT2D eigenvalue weighted by molar-refractivity contribution is -0.274. The number of hydrogen-bond acceptors (Lipinski definition) is 8. The van der Waals surface area contributed by atoms with Crippen molar-refractivity contribution in [3.63, 3.8) is 0 Å². The number of benzene rings is 2. The maximum atomic E-state index is 13.2. The summed E-state index contributed by atoms with van der Waals surface area (Å²) in [4.78, 5) is 30.7. The summed E-state index contributed by atoms with van der Waals surface area (Å²) in [6.45, 7) is 0. The number of amides is 2. The molecule has 0 saturated heterocycles. The van der Waals surface area contributed by atoms with Gasteiger partial charge < -0.3 is 14.2 Å². The highest BCUT2D eigenvalue weighted by molar-refractivity contribution is 6.32. The first-order valence-corrected chi connectivity index (χ1v) is 10.8. The highest BCUT2D eigenvalue weighted by Gasteiger charge is 2.35. The number of alkyl halides is 3. The molecule has 0 atom stereocenters. The monoisotopic (exact) mass is 543 g/mol. The normalized spacial score (nSPS) is 10.8. The molecule has 4 aromatic rings. The van der Waals surface area contributed by atoms with Gasteiger partial charge in [-0.3, -0.25) is 0 Å². The molecule has 2 aromatic carbocycles. The minimum absolute atomic E-state index is 0.0596. The van der Waals surface area contributed by atoms with Crippen molar-refractivity contribution in [2.24, 2.45) is 0 Å². The highest BCUT2D eigenvalue weighted by atomic mass is 35.5. The fourth-order valence-corrected chi connectivity index (χ4v) is 3.30. The molecule has 0 saturated carbocycles. The summed E-state index contributed by atoms with van der Waals surface area (Å²) in [6, 6.07) is 18.0. The number of aromatic nitrogens is 3. The fourth-order valence-electron chi connectivity index (χ4n) is 3.07. The minimum Gasteiger partial charge on any atom is -0.410 e. The van der Waals surface area contributed by atoms with Gasteiger partial charge in [0.25, 0.3) is 0 Å². The van der Waals surface area contributed by atoms with E-state index in [1.807, 2.05) is 0 Å². The lowest BCUT2D eigenvalue weighted by Crippen LogP contribution is -2.42. The van der Waals surface area contributed by atoms with E-state index in [1.165, 1.54) is 24.3 Å². The Hall–Kier alpha value is -5.09. The van der Waals surface area contributed by atoms with Gasteiger partial charge in [-0.2, -0.15) is 19.9 Å². The molecule has 0 aliphatic rings. The maximum absolute atomic E-state index is 13.2. The molecule has 0 aliphatic carbocycles. The number of carbonyl (C=O) groups is 2. The van der Waals surface area contributed by atoms with Crippen LogP contribution in [-0.4, -0.2) is 33.3 Å². The second kappa shape index (κ2) is 10.9. The van der Waals surface area contributed by atoms with Gasteiger partial charge in [-0.1, -0.05) is 48.0 Å². The first kappa shape index (κ1) is 26.0. The molecule has 4 rings (SSSR count). The Labute approximate surface area is 217 Å². The molecule has 2 heterocycles. The summed E-state index contributed by atoms with van der Waals surface area (Å²) in [6.07, 6.45) is -5.89. The smallest absolute Gasteiger partial charge is 0.410 e. The van der Waals surface area contributed by atoms with Crippen molar-refractivity contribution >= 4 is 29.6 Å². The Morgan fingerprint density at radius 2 is 1.47 bits per heavy atom. The molecule has 0 spiro atoms. The van der Waals surface area contributed by atoms with Crippen LogP contribution in [0.15, 0.2) is 79.1 Å². The van der Waals surface area contributed by atoms with E-state index in [1.54, 1.807) is 42.5 Å². The Morgan fingerprint density at radius 3 is 1.95 bits per heavy atom. The number of hydrogen-bond donors (Lipinski definition) is 0.